The number of aliphatic hydroxyl groups is 1. The Morgan fingerprint density at radius 2 is 2.00 bits per heavy atom. The van der Waals surface area contributed by atoms with Crippen molar-refractivity contribution in [3.05, 3.63) is 0 Å². The van der Waals surface area contributed by atoms with Crippen LogP contribution in [0.15, 0.2) is 0 Å². The van der Waals surface area contributed by atoms with Crippen molar-refractivity contribution in [3.63, 3.8) is 0 Å². The van der Waals surface area contributed by atoms with Gasteiger partial charge in [0.25, 0.3) is 0 Å². The highest BCUT2D eigenvalue weighted by atomic mass is 16.6. The minimum Gasteiger partial charge on any atom is -0.388 e. The summed E-state index contributed by atoms with van der Waals surface area (Å²) >= 11 is 0. The van der Waals surface area contributed by atoms with Gasteiger partial charge in [0.15, 0.2) is 0 Å². The first-order valence-electron chi connectivity index (χ1n) is 8.75. The number of hydrogen-bond donors (Lipinski definition) is 4. The molecule has 5 atom stereocenters. The molecule has 0 aromatic rings. The van der Waals surface area contributed by atoms with Gasteiger partial charge in [-0.3, -0.25) is 4.79 Å². The van der Waals surface area contributed by atoms with Crippen molar-refractivity contribution in [2.24, 2.45) is 0 Å². The summed E-state index contributed by atoms with van der Waals surface area (Å²) in [4.78, 5) is 23.4. The second-order valence-electron chi connectivity index (χ2n) is 7.22. The highest BCUT2D eigenvalue weighted by Gasteiger charge is 2.50. The summed E-state index contributed by atoms with van der Waals surface area (Å²) in [5, 5.41) is 18.7. The molecule has 0 unspecified atom stereocenters. The highest BCUT2D eigenvalue weighted by molar-refractivity contribution is 5.77. The maximum absolute atomic E-state index is 11.8. The van der Waals surface area contributed by atoms with Crippen LogP contribution in [0.3, 0.4) is 0 Å². The predicted molar refractivity (Wildman–Crippen MR) is 85.4 cm³/mol. The minimum absolute atomic E-state index is 0.000497. The second kappa shape index (κ2) is 7.25. The van der Waals surface area contributed by atoms with E-state index in [2.05, 4.69) is 16.0 Å². The molecular weight excluding hydrogens is 314 g/mol. The van der Waals surface area contributed by atoms with Gasteiger partial charge in [0.2, 0.25) is 5.91 Å². The Labute approximate surface area is 141 Å². The smallest absolute Gasteiger partial charge is 0.315 e. The summed E-state index contributed by atoms with van der Waals surface area (Å²) in [5.74, 6) is 0.000497. The molecule has 2 saturated heterocycles. The topological polar surface area (TPSA) is 109 Å². The second-order valence-corrected chi connectivity index (χ2v) is 7.22. The Bertz CT molecular complexity index is 480. The van der Waals surface area contributed by atoms with Crippen LogP contribution in [0.2, 0.25) is 0 Å². The van der Waals surface area contributed by atoms with Crippen LogP contribution in [0.1, 0.15) is 39.5 Å². The van der Waals surface area contributed by atoms with Crippen LogP contribution in [-0.4, -0.2) is 66.2 Å². The Hall–Kier alpha value is -1.38. The third kappa shape index (κ3) is 4.37. The lowest BCUT2D eigenvalue weighted by atomic mass is 10.1. The average molecular weight is 341 g/mol. The van der Waals surface area contributed by atoms with Gasteiger partial charge in [-0.1, -0.05) is 0 Å². The van der Waals surface area contributed by atoms with Gasteiger partial charge in [0.1, 0.15) is 18.3 Å². The predicted octanol–water partition coefficient (Wildman–Crippen LogP) is -0.351. The van der Waals surface area contributed by atoms with Crippen LogP contribution in [0.4, 0.5) is 4.79 Å². The lowest BCUT2D eigenvalue weighted by molar-refractivity contribution is -0.124. The molecule has 0 bridgehead atoms. The fourth-order valence-corrected chi connectivity index (χ4v) is 3.24. The number of hydrogen-bond acceptors (Lipinski definition) is 5. The average Bonchev–Trinajstić information content (AvgIpc) is 3.13. The Morgan fingerprint density at radius 1 is 1.25 bits per heavy atom. The van der Waals surface area contributed by atoms with E-state index in [9.17, 15) is 14.7 Å². The first kappa shape index (κ1) is 17.4. The van der Waals surface area contributed by atoms with Crippen molar-refractivity contribution in [1.29, 1.82) is 0 Å². The van der Waals surface area contributed by atoms with Crippen LogP contribution in [0, 0.1) is 0 Å². The molecule has 2 aliphatic heterocycles. The SMILES string of the molecule is CC(C)NC(=O)NC[C@H]1O[C@@H]2C[C@@H](CC(=O)NC3CC3)O[C@@H]2[C@@H]1O. The molecule has 136 valence electrons. The number of aliphatic hydroxyl groups excluding tert-OH is 1. The zero-order valence-corrected chi connectivity index (χ0v) is 14.2. The molecule has 3 aliphatic rings. The van der Waals surface area contributed by atoms with Crippen LogP contribution < -0.4 is 16.0 Å². The van der Waals surface area contributed by atoms with E-state index in [0.717, 1.165) is 12.8 Å². The van der Waals surface area contributed by atoms with Crippen molar-refractivity contribution < 1.29 is 24.2 Å². The number of urea groups is 1. The summed E-state index contributed by atoms with van der Waals surface area (Å²) < 4.78 is 11.6. The summed E-state index contributed by atoms with van der Waals surface area (Å²) in [7, 11) is 0. The summed E-state index contributed by atoms with van der Waals surface area (Å²) in [6.45, 7) is 3.97. The maximum Gasteiger partial charge on any atom is 0.315 e. The molecule has 3 fully saturated rings. The van der Waals surface area contributed by atoms with E-state index in [4.69, 9.17) is 9.47 Å². The molecule has 0 aromatic heterocycles. The first-order chi connectivity index (χ1) is 11.4. The standard InChI is InChI=1S/C16H27N3O5/c1-8(2)18-16(22)17-7-12-14(21)15-11(24-12)5-10(23-15)6-13(20)19-9-3-4-9/h8-12,14-15,21H,3-7H2,1-2H3,(H,19,20)(H2,17,18,22)/t10-,11+,12+,14+,15-/m0/s1. The molecule has 2 heterocycles. The minimum atomic E-state index is -0.800. The van der Waals surface area contributed by atoms with Crippen molar-refractivity contribution in [3.8, 4) is 0 Å². The summed E-state index contributed by atoms with van der Waals surface area (Å²) in [6.07, 6.45) is 0.861. The van der Waals surface area contributed by atoms with E-state index < -0.39 is 18.3 Å². The third-order valence-corrected chi connectivity index (χ3v) is 4.52. The lowest BCUT2D eigenvalue weighted by Crippen LogP contribution is -2.45. The highest BCUT2D eigenvalue weighted by Crippen LogP contribution is 2.35. The molecular formula is C16H27N3O5. The van der Waals surface area contributed by atoms with E-state index in [1.165, 1.54) is 0 Å². The molecule has 0 spiro atoms. The number of nitrogens with one attached hydrogen (secondary N) is 3. The van der Waals surface area contributed by atoms with Crippen molar-refractivity contribution in [2.45, 2.75) is 82.1 Å². The number of amides is 3. The van der Waals surface area contributed by atoms with E-state index in [0.29, 0.717) is 18.9 Å². The third-order valence-electron chi connectivity index (χ3n) is 4.52. The van der Waals surface area contributed by atoms with Gasteiger partial charge in [-0.25, -0.2) is 4.79 Å². The zero-order valence-electron chi connectivity index (χ0n) is 14.2. The molecule has 1 saturated carbocycles. The Kier molecular flexibility index (Phi) is 5.27. The largest absolute Gasteiger partial charge is 0.388 e. The number of rotatable bonds is 6. The number of ether oxygens (including phenoxy) is 2. The molecule has 3 rings (SSSR count). The van der Waals surface area contributed by atoms with Gasteiger partial charge in [0, 0.05) is 25.0 Å². The molecule has 0 radical (unpaired) electrons. The van der Waals surface area contributed by atoms with Crippen LogP contribution in [0.25, 0.3) is 0 Å². The maximum atomic E-state index is 11.8. The number of carbonyl (C=O) groups is 2. The van der Waals surface area contributed by atoms with Crippen molar-refractivity contribution in [1.82, 2.24) is 16.0 Å². The van der Waals surface area contributed by atoms with E-state index in [-0.39, 0.29) is 36.7 Å². The van der Waals surface area contributed by atoms with Crippen LogP contribution in [0.5, 0.6) is 0 Å². The van der Waals surface area contributed by atoms with E-state index in [1.54, 1.807) is 0 Å². The van der Waals surface area contributed by atoms with Gasteiger partial charge in [-0.2, -0.15) is 0 Å². The van der Waals surface area contributed by atoms with Gasteiger partial charge >= 0.3 is 6.03 Å². The molecule has 24 heavy (non-hydrogen) atoms. The van der Waals surface area contributed by atoms with Crippen molar-refractivity contribution in [2.75, 3.05) is 6.54 Å². The Morgan fingerprint density at radius 3 is 2.62 bits per heavy atom. The fraction of sp³-hybridized carbons (Fsp3) is 0.875. The molecule has 4 N–H and O–H groups in total. The molecule has 3 amide bonds. The van der Waals surface area contributed by atoms with Crippen LogP contribution in [-0.2, 0) is 14.3 Å². The number of fused-ring (bicyclic) bond motifs is 1. The first-order valence-corrected chi connectivity index (χ1v) is 8.75. The normalized spacial score (nSPS) is 34.9. The van der Waals surface area contributed by atoms with Gasteiger partial charge < -0.3 is 30.5 Å². The zero-order chi connectivity index (χ0) is 17.3. The molecule has 8 heteroatoms. The fourth-order valence-electron chi connectivity index (χ4n) is 3.24. The van der Waals surface area contributed by atoms with Gasteiger partial charge in [0.05, 0.1) is 18.6 Å². The van der Waals surface area contributed by atoms with E-state index in [1.807, 2.05) is 13.8 Å². The monoisotopic (exact) mass is 341 g/mol. The molecule has 1 aliphatic carbocycles. The number of carbonyl (C=O) groups excluding carboxylic acids is 2. The molecule has 0 aromatic carbocycles. The van der Waals surface area contributed by atoms with Crippen molar-refractivity contribution >= 4 is 11.9 Å². The van der Waals surface area contributed by atoms with Gasteiger partial charge in [-0.15, -0.1) is 0 Å². The quantitative estimate of drug-likeness (QED) is 0.528. The lowest BCUT2D eigenvalue weighted by Gasteiger charge is -2.20. The Balaban J connectivity index is 1.40. The summed E-state index contributed by atoms with van der Waals surface area (Å²) in [5.41, 5.74) is 0. The van der Waals surface area contributed by atoms with Gasteiger partial charge in [-0.05, 0) is 26.7 Å². The summed E-state index contributed by atoms with van der Waals surface area (Å²) in [6, 6.07) is 0.103. The van der Waals surface area contributed by atoms with E-state index >= 15 is 0 Å². The van der Waals surface area contributed by atoms with Crippen LogP contribution >= 0.6 is 0 Å². The molecule has 8 nitrogen and oxygen atoms in total.